The van der Waals surface area contributed by atoms with Crippen LogP contribution in [0.25, 0.3) is 0 Å². The molecule has 0 N–H and O–H groups in total. The Morgan fingerprint density at radius 2 is 1.95 bits per heavy atom. The van der Waals surface area contributed by atoms with E-state index in [4.69, 9.17) is 4.74 Å². The van der Waals surface area contributed by atoms with Gasteiger partial charge in [0, 0.05) is 18.5 Å². The standard InChI is InChI=1S/C18H24FNO2/c1-17-9-4-10-18(2,16(19)15(21)11-17)20(17)12-13-5-7-14(22-3)8-6-13/h5-8,16H,4,9-12H2,1-3H3/t16-,17-,18+/m1/s1. The molecule has 3 rings (SSSR count). The minimum atomic E-state index is -1.38. The zero-order valence-corrected chi connectivity index (χ0v) is 13.6. The fourth-order valence-corrected chi connectivity index (χ4v) is 4.26. The summed E-state index contributed by atoms with van der Waals surface area (Å²) in [6.07, 6.45) is 1.63. The van der Waals surface area contributed by atoms with Crippen molar-refractivity contribution in [2.75, 3.05) is 7.11 Å². The number of ether oxygens (including phenoxy) is 1. The summed E-state index contributed by atoms with van der Waals surface area (Å²) in [5.41, 5.74) is 0.219. The maximum absolute atomic E-state index is 14.7. The number of carbonyl (C=O) groups is 1. The van der Waals surface area contributed by atoms with Crippen molar-refractivity contribution in [1.29, 1.82) is 0 Å². The fourth-order valence-electron chi connectivity index (χ4n) is 4.26. The van der Waals surface area contributed by atoms with Gasteiger partial charge in [0.1, 0.15) is 5.75 Å². The zero-order chi connectivity index (χ0) is 16.0. The molecule has 4 heteroatoms. The number of ketones is 1. The summed E-state index contributed by atoms with van der Waals surface area (Å²) in [6, 6.07) is 7.89. The molecule has 22 heavy (non-hydrogen) atoms. The van der Waals surface area contributed by atoms with Gasteiger partial charge in [0.05, 0.1) is 12.6 Å². The first-order chi connectivity index (χ1) is 10.4. The maximum atomic E-state index is 14.7. The molecule has 0 saturated carbocycles. The average molecular weight is 305 g/mol. The fraction of sp³-hybridized carbons (Fsp3) is 0.611. The molecule has 2 aliphatic rings. The van der Waals surface area contributed by atoms with Crippen molar-refractivity contribution in [1.82, 2.24) is 4.90 Å². The third kappa shape index (κ3) is 2.34. The highest BCUT2D eigenvalue weighted by Crippen LogP contribution is 2.48. The van der Waals surface area contributed by atoms with Gasteiger partial charge in [-0.25, -0.2) is 4.39 Å². The maximum Gasteiger partial charge on any atom is 0.176 e. The van der Waals surface area contributed by atoms with Crippen LogP contribution >= 0.6 is 0 Å². The molecule has 2 bridgehead atoms. The van der Waals surface area contributed by atoms with Crippen LogP contribution in [0.5, 0.6) is 5.75 Å². The number of hydrogen-bond acceptors (Lipinski definition) is 3. The van der Waals surface area contributed by atoms with E-state index in [1.165, 1.54) is 0 Å². The molecule has 1 aromatic rings. The highest BCUT2D eigenvalue weighted by molar-refractivity contribution is 5.86. The van der Waals surface area contributed by atoms with Gasteiger partial charge in [-0.2, -0.15) is 0 Å². The predicted molar refractivity (Wildman–Crippen MR) is 83.7 cm³/mol. The molecule has 2 fully saturated rings. The molecule has 0 unspecified atom stereocenters. The molecule has 3 nitrogen and oxygen atoms in total. The topological polar surface area (TPSA) is 29.5 Å². The number of fused-ring (bicyclic) bond motifs is 2. The molecule has 0 amide bonds. The van der Waals surface area contributed by atoms with Crippen molar-refractivity contribution in [2.45, 2.75) is 63.3 Å². The van der Waals surface area contributed by atoms with Gasteiger partial charge in [-0.05, 0) is 50.8 Å². The van der Waals surface area contributed by atoms with E-state index in [1.807, 2.05) is 31.2 Å². The minimum absolute atomic E-state index is 0.226. The van der Waals surface area contributed by atoms with Gasteiger partial charge in [-0.3, -0.25) is 9.69 Å². The van der Waals surface area contributed by atoms with Crippen LogP contribution in [0.4, 0.5) is 4.39 Å². The van der Waals surface area contributed by atoms with Crippen molar-refractivity contribution in [3.05, 3.63) is 29.8 Å². The SMILES string of the molecule is COc1ccc(CN2[C@]3(C)CCC[C@@]2(C)[C@H](F)C(=O)C3)cc1. The van der Waals surface area contributed by atoms with E-state index >= 15 is 0 Å². The quantitative estimate of drug-likeness (QED) is 0.856. The lowest BCUT2D eigenvalue weighted by molar-refractivity contribution is -0.161. The molecule has 0 radical (unpaired) electrons. The van der Waals surface area contributed by atoms with Crippen molar-refractivity contribution in [3.8, 4) is 5.75 Å². The van der Waals surface area contributed by atoms with Crippen LogP contribution in [0.3, 0.4) is 0 Å². The number of piperidine rings is 2. The number of halogens is 1. The molecule has 2 heterocycles. The second-order valence-electron chi connectivity index (χ2n) is 7.15. The lowest BCUT2D eigenvalue weighted by Gasteiger charge is -2.59. The Balaban J connectivity index is 1.91. The molecular weight excluding hydrogens is 281 g/mol. The summed E-state index contributed by atoms with van der Waals surface area (Å²) in [5, 5.41) is 0. The Morgan fingerprint density at radius 3 is 2.59 bits per heavy atom. The van der Waals surface area contributed by atoms with Gasteiger partial charge in [0.25, 0.3) is 0 Å². The van der Waals surface area contributed by atoms with E-state index in [9.17, 15) is 9.18 Å². The first-order valence-corrected chi connectivity index (χ1v) is 7.96. The number of benzene rings is 1. The van der Waals surface area contributed by atoms with Crippen molar-refractivity contribution in [3.63, 3.8) is 0 Å². The Kier molecular flexibility index (Phi) is 3.76. The van der Waals surface area contributed by atoms with E-state index in [0.29, 0.717) is 13.0 Å². The highest BCUT2D eigenvalue weighted by atomic mass is 19.1. The van der Waals surface area contributed by atoms with Crippen LogP contribution in [0.15, 0.2) is 24.3 Å². The Morgan fingerprint density at radius 1 is 1.27 bits per heavy atom. The predicted octanol–water partition coefficient (Wildman–Crippen LogP) is 3.51. The summed E-state index contributed by atoms with van der Waals surface area (Å²) in [7, 11) is 1.64. The molecule has 0 spiro atoms. The number of nitrogens with zero attached hydrogens (tertiary/aromatic N) is 1. The number of rotatable bonds is 3. The largest absolute Gasteiger partial charge is 0.497 e. The van der Waals surface area contributed by atoms with Gasteiger partial charge in [0.15, 0.2) is 12.0 Å². The van der Waals surface area contributed by atoms with Crippen molar-refractivity contribution >= 4 is 5.78 Å². The normalized spacial score (nSPS) is 35.5. The summed E-state index contributed by atoms with van der Waals surface area (Å²) in [5.74, 6) is 0.592. The number of alkyl halides is 1. The van der Waals surface area contributed by atoms with Crippen molar-refractivity contribution < 1.29 is 13.9 Å². The summed E-state index contributed by atoms with van der Waals surface area (Å²) >= 11 is 0. The number of methoxy groups -OCH3 is 1. The van der Waals surface area contributed by atoms with Crippen LogP contribution in [-0.2, 0) is 11.3 Å². The second-order valence-corrected chi connectivity index (χ2v) is 7.15. The van der Waals surface area contributed by atoms with Gasteiger partial charge in [-0.1, -0.05) is 12.1 Å². The van der Waals surface area contributed by atoms with E-state index in [1.54, 1.807) is 7.11 Å². The van der Waals surface area contributed by atoms with Crippen LogP contribution < -0.4 is 4.74 Å². The zero-order valence-electron chi connectivity index (χ0n) is 13.6. The van der Waals surface area contributed by atoms with Gasteiger partial charge >= 0.3 is 0 Å². The van der Waals surface area contributed by atoms with E-state index in [2.05, 4.69) is 11.8 Å². The summed E-state index contributed by atoms with van der Waals surface area (Å²) < 4.78 is 19.8. The van der Waals surface area contributed by atoms with Crippen molar-refractivity contribution in [2.24, 2.45) is 0 Å². The summed E-state index contributed by atoms with van der Waals surface area (Å²) in [6.45, 7) is 4.69. The molecule has 2 aliphatic heterocycles. The number of carbonyl (C=O) groups excluding carboxylic acids is 1. The lowest BCUT2D eigenvalue weighted by Crippen LogP contribution is -2.70. The number of Topliss-reactive ketones (excluding diaryl/α,β-unsaturated/α-hetero) is 1. The second kappa shape index (κ2) is 5.34. The van der Waals surface area contributed by atoms with Gasteiger partial charge in [0.2, 0.25) is 0 Å². The van der Waals surface area contributed by atoms with E-state index in [0.717, 1.165) is 30.6 Å². The van der Waals surface area contributed by atoms with E-state index < -0.39 is 11.7 Å². The van der Waals surface area contributed by atoms with Crippen LogP contribution in [-0.4, -0.2) is 35.0 Å². The smallest absolute Gasteiger partial charge is 0.176 e. The third-order valence-corrected chi connectivity index (χ3v) is 5.55. The average Bonchev–Trinajstić information content (AvgIpc) is 2.50. The lowest BCUT2D eigenvalue weighted by atomic mass is 9.67. The van der Waals surface area contributed by atoms with E-state index in [-0.39, 0.29) is 11.3 Å². The molecule has 0 aliphatic carbocycles. The molecule has 0 aromatic heterocycles. The minimum Gasteiger partial charge on any atom is -0.497 e. The molecule has 3 atom stereocenters. The van der Waals surface area contributed by atoms with Gasteiger partial charge < -0.3 is 4.74 Å². The monoisotopic (exact) mass is 305 g/mol. The molecule has 1 aromatic carbocycles. The molecule has 120 valence electrons. The molecular formula is C18H24FNO2. The third-order valence-electron chi connectivity index (χ3n) is 5.55. The Bertz CT molecular complexity index is 573. The first-order valence-electron chi connectivity index (χ1n) is 7.96. The van der Waals surface area contributed by atoms with Crippen LogP contribution in [0.1, 0.15) is 45.1 Å². The number of hydrogen-bond donors (Lipinski definition) is 0. The van der Waals surface area contributed by atoms with Crippen LogP contribution in [0.2, 0.25) is 0 Å². The molecule has 2 saturated heterocycles. The van der Waals surface area contributed by atoms with Crippen LogP contribution in [0, 0.1) is 0 Å². The Labute approximate surface area is 131 Å². The van der Waals surface area contributed by atoms with Gasteiger partial charge in [-0.15, -0.1) is 0 Å². The highest BCUT2D eigenvalue weighted by Gasteiger charge is 2.57. The summed E-state index contributed by atoms with van der Waals surface area (Å²) in [4.78, 5) is 14.3. The first kappa shape index (κ1) is 15.5. The Hall–Kier alpha value is -1.42.